The number of carbonyl (C=O) groups is 1. The molecule has 0 radical (unpaired) electrons. The molecular formula is C22H19F2NO3S. The number of rotatable bonds is 6. The van der Waals surface area contributed by atoms with E-state index in [2.05, 4.69) is 5.32 Å². The van der Waals surface area contributed by atoms with Crippen LogP contribution in [0.25, 0.3) is 0 Å². The maximum absolute atomic E-state index is 13.9. The minimum atomic E-state index is -3.55. The highest BCUT2D eigenvalue weighted by molar-refractivity contribution is 7.90. The quantitative estimate of drug-likeness (QED) is 0.648. The highest BCUT2D eigenvalue weighted by Gasteiger charge is 2.18. The standard InChI is InChI=1S/C22H19F2NO3S/c1-15(20-11-10-18(23)13-21(20)24)25-22(26)17-7-5-6-16(12-17)14-29(27,28)19-8-3-2-4-9-19/h2-13,15H,14H2,1H3,(H,25,26)/t15-/m0/s1. The van der Waals surface area contributed by atoms with Crippen molar-refractivity contribution in [2.45, 2.75) is 23.6 Å². The van der Waals surface area contributed by atoms with Gasteiger partial charge >= 0.3 is 0 Å². The van der Waals surface area contributed by atoms with Crippen LogP contribution in [-0.4, -0.2) is 14.3 Å². The summed E-state index contributed by atoms with van der Waals surface area (Å²) in [7, 11) is -3.55. The molecule has 0 aliphatic rings. The summed E-state index contributed by atoms with van der Waals surface area (Å²) in [6.07, 6.45) is 0. The van der Waals surface area contributed by atoms with Crippen LogP contribution in [0.15, 0.2) is 77.7 Å². The molecule has 3 aromatic rings. The van der Waals surface area contributed by atoms with Crippen LogP contribution >= 0.6 is 0 Å². The van der Waals surface area contributed by atoms with Crippen molar-refractivity contribution in [1.82, 2.24) is 5.32 Å². The summed E-state index contributed by atoms with van der Waals surface area (Å²) in [6.45, 7) is 1.58. The summed E-state index contributed by atoms with van der Waals surface area (Å²) < 4.78 is 52.0. The number of sulfone groups is 1. The Hall–Kier alpha value is -3.06. The van der Waals surface area contributed by atoms with Gasteiger partial charge in [0.15, 0.2) is 9.84 Å². The molecule has 0 fully saturated rings. The summed E-state index contributed by atoms with van der Waals surface area (Å²) in [4.78, 5) is 12.7. The molecule has 0 bridgehead atoms. The van der Waals surface area contributed by atoms with Crippen LogP contribution in [0, 0.1) is 11.6 Å². The van der Waals surface area contributed by atoms with Crippen molar-refractivity contribution < 1.29 is 22.0 Å². The molecule has 3 rings (SSSR count). The molecule has 1 N–H and O–H groups in total. The van der Waals surface area contributed by atoms with Gasteiger partial charge in [0.05, 0.1) is 16.7 Å². The van der Waals surface area contributed by atoms with E-state index in [1.54, 1.807) is 43.3 Å². The third-order valence-electron chi connectivity index (χ3n) is 4.42. The van der Waals surface area contributed by atoms with Gasteiger partial charge < -0.3 is 5.32 Å². The topological polar surface area (TPSA) is 63.2 Å². The average Bonchev–Trinajstić information content (AvgIpc) is 2.68. The zero-order valence-corrected chi connectivity index (χ0v) is 16.4. The van der Waals surface area contributed by atoms with Gasteiger partial charge in [-0.05, 0) is 42.8 Å². The Kier molecular flexibility index (Phi) is 6.08. The average molecular weight is 415 g/mol. The smallest absolute Gasteiger partial charge is 0.251 e. The summed E-state index contributed by atoms with van der Waals surface area (Å²) in [5.74, 6) is -2.18. The van der Waals surface area contributed by atoms with E-state index in [0.717, 1.165) is 12.1 Å². The van der Waals surface area contributed by atoms with Gasteiger partial charge in [-0.25, -0.2) is 17.2 Å². The van der Waals surface area contributed by atoms with E-state index < -0.39 is 33.4 Å². The van der Waals surface area contributed by atoms with Crippen molar-refractivity contribution in [2.75, 3.05) is 0 Å². The van der Waals surface area contributed by atoms with Crippen LogP contribution in [0.4, 0.5) is 8.78 Å². The van der Waals surface area contributed by atoms with Gasteiger partial charge in [-0.2, -0.15) is 0 Å². The molecule has 0 spiro atoms. The van der Waals surface area contributed by atoms with Crippen molar-refractivity contribution in [3.63, 3.8) is 0 Å². The fraction of sp³-hybridized carbons (Fsp3) is 0.136. The first kappa shape index (κ1) is 20.7. The molecule has 0 aromatic heterocycles. The van der Waals surface area contributed by atoms with E-state index in [9.17, 15) is 22.0 Å². The summed E-state index contributed by atoms with van der Waals surface area (Å²) in [5, 5.41) is 2.64. The van der Waals surface area contributed by atoms with Crippen molar-refractivity contribution in [3.8, 4) is 0 Å². The number of halogens is 2. The van der Waals surface area contributed by atoms with Crippen LogP contribution < -0.4 is 5.32 Å². The molecule has 1 amide bonds. The van der Waals surface area contributed by atoms with Crippen molar-refractivity contribution in [3.05, 3.63) is 101 Å². The molecular weight excluding hydrogens is 396 g/mol. The predicted molar refractivity (Wildman–Crippen MR) is 106 cm³/mol. The van der Waals surface area contributed by atoms with E-state index in [0.29, 0.717) is 5.56 Å². The molecule has 0 unspecified atom stereocenters. The fourth-order valence-electron chi connectivity index (χ4n) is 2.94. The largest absolute Gasteiger partial charge is 0.345 e. The Labute approximate surface area is 168 Å². The van der Waals surface area contributed by atoms with E-state index in [1.807, 2.05) is 0 Å². The second-order valence-corrected chi connectivity index (χ2v) is 8.62. The lowest BCUT2D eigenvalue weighted by molar-refractivity contribution is 0.0939. The molecule has 0 saturated heterocycles. The number of nitrogens with one attached hydrogen (secondary N) is 1. The highest BCUT2D eigenvalue weighted by Crippen LogP contribution is 2.20. The van der Waals surface area contributed by atoms with Crippen molar-refractivity contribution >= 4 is 15.7 Å². The van der Waals surface area contributed by atoms with Crippen molar-refractivity contribution in [1.29, 1.82) is 0 Å². The number of carbonyl (C=O) groups excluding carboxylic acids is 1. The predicted octanol–water partition coefficient (Wildman–Crippen LogP) is 4.43. The van der Waals surface area contributed by atoms with Crippen LogP contribution in [0.2, 0.25) is 0 Å². The Morgan fingerprint density at radius 3 is 2.38 bits per heavy atom. The van der Waals surface area contributed by atoms with Gasteiger partial charge in [-0.3, -0.25) is 4.79 Å². The normalized spacial score (nSPS) is 12.4. The molecule has 1 atom stereocenters. The van der Waals surface area contributed by atoms with Gasteiger partial charge in [-0.15, -0.1) is 0 Å². The number of amides is 1. The monoisotopic (exact) mass is 415 g/mol. The summed E-state index contributed by atoms with van der Waals surface area (Å²) in [6, 6.07) is 16.8. The molecule has 7 heteroatoms. The van der Waals surface area contributed by atoms with Gasteiger partial charge in [0.2, 0.25) is 0 Å². The van der Waals surface area contributed by atoms with Crippen molar-refractivity contribution in [2.24, 2.45) is 0 Å². The number of benzene rings is 3. The molecule has 4 nitrogen and oxygen atoms in total. The maximum Gasteiger partial charge on any atom is 0.251 e. The zero-order valence-electron chi connectivity index (χ0n) is 15.6. The lowest BCUT2D eigenvalue weighted by atomic mass is 10.1. The van der Waals surface area contributed by atoms with Gasteiger partial charge in [0.1, 0.15) is 11.6 Å². The summed E-state index contributed by atoms with van der Waals surface area (Å²) in [5.41, 5.74) is 0.866. The van der Waals surface area contributed by atoms with Crippen LogP contribution in [0.3, 0.4) is 0 Å². The second-order valence-electron chi connectivity index (χ2n) is 6.63. The molecule has 0 heterocycles. The molecule has 0 aliphatic heterocycles. The van der Waals surface area contributed by atoms with E-state index in [-0.39, 0.29) is 21.8 Å². The Balaban J connectivity index is 1.76. The molecule has 29 heavy (non-hydrogen) atoms. The van der Waals surface area contributed by atoms with E-state index in [1.165, 1.54) is 24.3 Å². The molecule has 0 saturated carbocycles. The van der Waals surface area contributed by atoms with Gasteiger partial charge in [0, 0.05) is 17.2 Å². The molecule has 3 aromatic carbocycles. The van der Waals surface area contributed by atoms with Gasteiger partial charge in [-0.1, -0.05) is 36.4 Å². The number of hydrogen-bond donors (Lipinski definition) is 1. The Morgan fingerprint density at radius 1 is 0.966 bits per heavy atom. The number of hydrogen-bond acceptors (Lipinski definition) is 3. The first-order valence-corrected chi connectivity index (χ1v) is 10.5. The van der Waals surface area contributed by atoms with Crippen LogP contribution in [0.1, 0.15) is 34.5 Å². The highest BCUT2D eigenvalue weighted by atomic mass is 32.2. The van der Waals surface area contributed by atoms with Crippen LogP contribution in [0.5, 0.6) is 0 Å². The fourth-order valence-corrected chi connectivity index (χ4v) is 4.30. The SMILES string of the molecule is C[C@H](NC(=O)c1cccc(CS(=O)(=O)c2ccccc2)c1)c1ccc(F)cc1F. The van der Waals surface area contributed by atoms with Crippen LogP contribution in [-0.2, 0) is 15.6 Å². The first-order chi connectivity index (χ1) is 13.8. The maximum atomic E-state index is 13.9. The van der Waals surface area contributed by atoms with Gasteiger partial charge in [0.25, 0.3) is 5.91 Å². The molecule has 150 valence electrons. The van der Waals surface area contributed by atoms with E-state index >= 15 is 0 Å². The lowest BCUT2D eigenvalue weighted by Crippen LogP contribution is -2.27. The Morgan fingerprint density at radius 2 is 1.69 bits per heavy atom. The summed E-state index contributed by atoms with van der Waals surface area (Å²) >= 11 is 0. The zero-order chi connectivity index (χ0) is 21.0. The minimum Gasteiger partial charge on any atom is -0.345 e. The third kappa shape index (κ3) is 5.06. The second kappa shape index (κ2) is 8.53. The Bertz CT molecular complexity index is 1130. The first-order valence-electron chi connectivity index (χ1n) is 8.89. The molecule has 0 aliphatic carbocycles. The third-order valence-corrected chi connectivity index (χ3v) is 6.13. The minimum absolute atomic E-state index is 0.155. The lowest BCUT2D eigenvalue weighted by Gasteiger charge is -2.15. The van der Waals surface area contributed by atoms with E-state index in [4.69, 9.17) is 0 Å².